The molecular weight excluding hydrogens is 434 g/mol. The van der Waals surface area contributed by atoms with Gasteiger partial charge in [0.2, 0.25) is 6.79 Å². The van der Waals surface area contributed by atoms with Crippen LogP contribution >= 0.6 is 0 Å². The van der Waals surface area contributed by atoms with E-state index in [0.29, 0.717) is 33.4 Å². The maximum Gasteiger partial charge on any atom is 0.282 e. The monoisotopic (exact) mass is 450 g/mol. The number of carbonyl (C=O) groups excluding carboxylic acids is 2. The molecule has 1 N–H and O–H groups in total. The summed E-state index contributed by atoms with van der Waals surface area (Å²) in [5.74, 6) is -1.74. The van der Waals surface area contributed by atoms with Gasteiger partial charge in [0.1, 0.15) is 23.1 Å². The Kier molecular flexibility index (Phi) is 4.93. The van der Waals surface area contributed by atoms with Gasteiger partial charge < -0.3 is 19.5 Å². The molecule has 9 heteroatoms. The zero-order valence-corrected chi connectivity index (χ0v) is 17.2. The van der Waals surface area contributed by atoms with Crippen molar-refractivity contribution >= 4 is 28.8 Å². The number of fused-ring (bicyclic) bond motifs is 1. The van der Waals surface area contributed by atoms with Gasteiger partial charge in [-0.25, -0.2) is 13.7 Å². The number of nitrogens with one attached hydrogen (secondary N) is 1. The molecule has 0 aliphatic carbocycles. The predicted octanol–water partition coefficient (Wildman–Crippen LogP) is 4.10. The van der Waals surface area contributed by atoms with Crippen molar-refractivity contribution in [2.45, 2.75) is 0 Å². The Morgan fingerprint density at radius 1 is 0.909 bits per heavy atom. The van der Waals surface area contributed by atoms with Crippen LogP contribution in [0.25, 0.3) is 5.57 Å². The molecule has 3 aromatic carbocycles. The summed E-state index contributed by atoms with van der Waals surface area (Å²) in [4.78, 5) is 27.3. The first-order valence-corrected chi connectivity index (χ1v) is 9.85. The van der Waals surface area contributed by atoms with E-state index >= 15 is 0 Å². The van der Waals surface area contributed by atoms with Crippen LogP contribution in [-0.4, -0.2) is 25.7 Å². The first kappa shape index (κ1) is 20.5. The molecule has 33 heavy (non-hydrogen) atoms. The second kappa shape index (κ2) is 7.94. The zero-order valence-electron chi connectivity index (χ0n) is 17.2. The van der Waals surface area contributed by atoms with Gasteiger partial charge in [0.25, 0.3) is 11.8 Å². The van der Waals surface area contributed by atoms with Crippen LogP contribution in [0.2, 0.25) is 0 Å². The van der Waals surface area contributed by atoms with Crippen LogP contribution in [0.4, 0.5) is 20.2 Å². The normalized spacial score (nSPS) is 14.8. The lowest BCUT2D eigenvalue weighted by Gasteiger charge is -2.16. The van der Waals surface area contributed by atoms with E-state index in [1.165, 1.54) is 7.11 Å². The number of benzene rings is 3. The quantitative estimate of drug-likeness (QED) is 0.590. The highest BCUT2D eigenvalue weighted by Gasteiger charge is 2.41. The minimum atomic E-state index is -0.906. The largest absolute Gasteiger partial charge is 0.497 e. The summed E-state index contributed by atoms with van der Waals surface area (Å²) < 4.78 is 44.2. The van der Waals surface area contributed by atoms with E-state index in [1.54, 1.807) is 42.5 Å². The molecule has 2 heterocycles. The number of hydrogen-bond acceptors (Lipinski definition) is 6. The summed E-state index contributed by atoms with van der Waals surface area (Å²) >= 11 is 0. The molecule has 166 valence electrons. The fourth-order valence-electron chi connectivity index (χ4n) is 3.67. The Hall–Kier alpha value is -4.40. The number of carbonyl (C=O) groups is 2. The molecule has 7 nitrogen and oxygen atoms in total. The van der Waals surface area contributed by atoms with Crippen molar-refractivity contribution in [3.8, 4) is 17.2 Å². The highest BCUT2D eigenvalue weighted by molar-refractivity contribution is 6.46. The Morgan fingerprint density at radius 3 is 2.42 bits per heavy atom. The van der Waals surface area contributed by atoms with Gasteiger partial charge in [-0.1, -0.05) is 12.1 Å². The van der Waals surface area contributed by atoms with Crippen LogP contribution in [0.5, 0.6) is 17.2 Å². The minimum absolute atomic E-state index is 0.00369. The van der Waals surface area contributed by atoms with Gasteiger partial charge in [0.15, 0.2) is 11.5 Å². The molecule has 0 spiro atoms. The van der Waals surface area contributed by atoms with Crippen molar-refractivity contribution in [1.82, 2.24) is 0 Å². The fraction of sp³-hybridized carbons (Fsp3) is 0.0833. The Labute approximate surface area is 186 Å². The Bertz CT molecular complexity index is 1320. The number of hydrogen-bond donors (Lipinski definition) is 1. The predicted molar refractivity (Wildman–Crippen MR) is 115 cm³/mol. The molecule has 0 unspecified atom stereocenters. The Balaban J connectivity index is 1.61. The fourth-order valence-corrected chi connectivity index (χ4v) is 3.67. The van der Waals surface area contributed by atoms with E-state index in [-0.39, 0.29) is 18.1 Å². The van der Waals surface area contributed by atoms with Crippen LogP contribution in [0.1, 0.15) is 5.56 Å². The molecular formula is C24H16F2N2O5. The number of rotatable bonds is 5. The molecule has 3 aromatic rings. The number of anilines is 2. The first-order valence-electron chi connectivity index (χ1n) is 9.85. The van der Waals surface area contributed by atoms with Crippen molar-refractivity contribution < 1.29 is 32.6 Å². The van der Waals surface area contributed by atoms with Crippen molar-refractivity contribution in [3.63, 3.8) is 0 Å². The maximum absolute atomic E-state index is 14.5. The molecule has 5 rings (SSSR count). The van der Waals surface area contributed by atoms with Crippen LogP contribution in [-0.2, 0) is 9.59 Å². The number of ether oxygens (including phenoxy) is 3. The maximum atomic E-state index is 14.5. The molecule has 0 radical (unpaired) electrons. The molecule has 2 amide bonds. The first-order chi connectivity index (χ1) is 16.0. The van der Waals surface area contributed by atoms with Gasteiger partial charge >= 0.3 is 0 Å². The van der Waals surface area contributed by atoms with Crippen LogP contribution in [0.15, 0.2) is 66.4 Å². The molecule has 2 aliphatic heterocycles. The van der Waals surface area contributed by atoms with E-state index in [9.17, 15) is 18.4 Å². The minimum Gasteiger partial charge on any atom is -0.497 e. The molecule has 0 atom stereocenters. The molecule has 0 aromatic heterocycles. The molecule has 0 bridgehead atoms. The molecule has 0 fully saturated rings. The van der Waals surface area contributed by atoms with E-state index in [2.05, 4.69) is 5.32 Å². The van der Waals surface area contributed by atoms with Crippen molar-refractivity contribution in [3.05, 3.63) is 83.6 Å². The van der Waals surface area contributed by atoms with Crippen molar-refractivity contribution in [1.29, 1.82) is 0 Å². The van der Waals surface area contributed by atoms with Gasteiger partial charge in [-0.15, -0.1) is 0 Å². The second-order valence-electron chi connectivity index (χ2n) is 7.21. The summed E-state index contributed by atoms with van der Waals surface area (Å²) in [5.41, 5.74) is 0.287. The number of imide groups is 1. The van der Waals surface area contributed by atoms with Crippen LogP contribution in [0, 0.1) is 11.6 Å². The van der Waals surface area contributed by atoms with Crippen LogP contribution in [0.3, 0.4) is 0 Å². The van der Waals surface area contributed by atoms with Crippen molar-refractivity contribution in [2.75, 3.05) is 24.1 Å². The highest BCUT2D eigenvalue weighted by Crippen LogP contribution is 2.38. The smallest absolute Gasteiger partial charge is 0.282 e. The third kappa shape index (κ3) is 3.53. The lowest BCUT2D eigenvalue weighted by Crippen LogP contribution is -2.33. The SMILES string of the molecule is COc1ccc(C2=C(Nc3ccc4c(c3)OCO4)C(=O)N(c3cc(F)ccc3F)C2=O)cc1. The Morgan fingerprint density at radius 2 is 1.67 bits per heavy atom. The summed E-state index contributed by atoms with van der Waals surface area (Å²) in [6.45, 7) is 0.0720. The number of methoxy groups -OCH3 is 1. The van der Waals surface area contributed by atoms with Gasteiger partial charge in [-0.3, -0.25) is 9.59 Å². The van der Waals surface area contributed by atoms with Gasteiger partial charge in [0.05, 0.1) is 18.4 Å². The lowest BCUT2D eigenvalue weighted by molar-refractivity contribution is -0.120. The highest BCUT2D eigenvalue weighted by atomic mass is 19.1. The average molecular weight is 450 g/mol. The van der Waals surface area contributed by atoms with E-state index < -0.39 is 29.1 Å². The van der Waals surface area contributed by atoms with Gasteiger partial charge in [-0.05, 0) is 42.0 Å². The third-order valence-corrected chi connectivity index (χ3v) is 5.25. The summed E-state index contributed by atoms with van der Waals surface area (Å²) in [6, 6.07) is 14.0. The summed E-state index contributed by atoms with van der Waals surface area (Å²) in [6.07, 6.45) is 0. The van der Waals surface area contributed by atoms with E-state index in [4.69, 9.17) is 14.2 Å². The number of nitrogens with zero attached hydrogens (tertiary/aromatic N) is 1. The van der Waals surface area contributed by atoms with Crippen LogP contribution < -0.4 is 24.4 Å². The second-order valence-corrected chi connectivity index (χ2v) is 7.21. The third-order valence-electron chi connectivity index (χ3n) is 5.25. The topological polar surface area (TPSA) is 77.1 Å². The molecule has 2 aliphatic rings. The summed E-state index contributed by atoms with van der Waals surface area (Å²) in [7, 11) is 1.50. The zero-order chi connectivity index (χ0) is 23.1. The average Bonchev–Trinajstić information content (AvgIpc) is 3.38. The lowest BCUT2D eigenvalue weighted by atomic mass is 10.0. The van der Waals surface area contributed by atoms with Crippen molar-refractivity contribution in [2.24, 2.45) is 0 Å². The standard InChI is InChI=1S/C24H16F2N2O5/c1-31-16-6-2-13(3-7-16)21-22(27-15-5-9-19-20(11-15)33-12-32-19)24(30)28(23(21)29)18-10-14(25)4-8-17(18)26/h2-11,27H,12H2,1H3. The summed E-state index contributed by atoms with van der Waals surface area (Å²) in [5, 5.41) is 2.95. The van der Waals surface area contributed by atoms with Gasteiger partial charge in [-0.2, -0.15) is 0 Å². The number of amides is 2. The van der Waals surface area contributed by atoms with E-state index in [0.717, 1.165) is 18.2 Å². The number of halogens is 2. The molecule has 0 saturated carbocycles. The van der Waals surface area contributed by atoms with E-state index in [1.807, 2.05) is 0 Å². The molecule has 0 saturated heterocycles. The van der Waals surface area contributed by atoms with Gasteiger partial charge in [0, 0.05) is 17.8 Å².